The average Bonchev–Trinajstić information content (AvgIpc) is 2.67. The van der Waals surface area contributed by atoms with E-state index >= 15 is 0 Å². The van der Waals surface area contributed by atoms with Crippen LogP contribution in [0.2, 0.25) is 0 Å². The highest BCUT2D eigenvalue weighted by Gasteiger charge is 2.25. The summed E-state index contributed by atoms with van der Waals surface area (Å²) in [7, 11) is 1.68. The van der Waals surface area contributed by atoms with Crippen LogP contribution in [0.5, 0.6) is 5.75 Å². The van der Waals surface area contributed by atoms with Gasteiger partial charge in [-0.3, -0.25) is 4.79 Å². The van der Waals surface area contributed by atoms with Gasteiger partial charge in [0.25, 0.3) is 5.91 Å². The van der Waals surface area contributed by atoms with Gasteiger partial charge in [-0.25, -0.2) is 9.97 Å². The molecule has 138 valence electrons. The first-order chi connectivity index (χ1) is 12.5. The quantitative estimate of drug-likeness (QED) is 0.845. The molecule has 0 aliphatic carbocycles. The van der Waals surface area contributed by atoms with Crippen LogP contribution in [0, 0.1) is 6.92 Å². The van der Waals surface area contributed by atoms with E-state index in [1.165, 1.54) is 0 Å². The Balaban J connectivity index is 1.69. The van der Waals surface area contributed by atoms with Crippen LogP contribution < -0.4 is 9.64 Å². The fourth-order valence-corrected chi connectivity index (χ4v) is 3.18. The van der Waals surface area contributed by atoms with Gasteiger partial charge in [0.15, 0.2) is 0 Å². The molecule has 0 spiro atoms. The fourth-order valence-electron chi connectivity index (χ4n) is 3.18. The van der Waals surface area contributed by atoms with Crippen LogP contribution >= 0.6 is 0 Å². The molecule has 1 aliphatic rings. The Bertz CT molecular complexity index is 783. The number of rotatable bonds is 4. The topological polar surface area (TPSA) is 58.6 Å². The van der Waals surface area contributed by atoms with E-state index < -0.39 is 0 Å². The molecule has 2 heterocycles. The Labute approximate surface area is 154 Å². The van der Waals surface area contributed by atoms with Crippen LogP contribution in [-0.2, 0) is 0 Å². The number of hydrogen-bond acceptors (Lipinski definition) is 5. The van der Waals surface area contributed by atoms with Crippen molar-refractivity contribution in [3.63, 3.8) is 0 Å². The number of nitrogens with zero attached hydrogens (tertiary/aromatic N) is 4. The molecule has 1 aromatic heterocycles. The van der Waals surface area contributed by atoms with E-state index in [0.717, 1.165) is 36.0 Å². The molecule has 6 heteroatoms. The van der Waals surface area contributed by atoms with Crippen molar-refractivity contribution in [2.24, 2.45) is 0 Å². The van der Waals surface area contributed by atoms with E-state index in [1.54, 1.807) is 13.3 Å². The Morgan fingerprint density at radius 1 is 1.15 bits per heavy atom. The highest BCUT2D eigenvalue weighted by Crippen LogP contribution is 2.28. The lowest BCUT2D eigenvalue weighted by Gasteiger charge is -2.36. The molecule has 1 aliphatic heterocycles. The summed E-state index contributed by atoms with van der Waals surface area (Å²) in [5.41, 5.74) is 2.42. The van der Waals surface area contributed by atoms with Crippen molar-refractivity contribution in [2.45, 2.75) is 26.7 Å². The molecule has 3 rings (SSSR count). The highest BCUT2D eigenvalue weighted by atomic mass is 16.5. The Kier molecular flexibility index (Phi) is 5.40. The number of aryl methyl sites for hydroxylation is 1. The minimum absolute atomic E-state index is 0.0116. The van der Waals surface area contributed by atoms with E-state index in [9.17, 15) is 4.79 Å². The van der Waals surface area contributed by atoms with Crippen LogP contribution in [0.4, 0.5) is 5.69 Å². The van der Waals surface area contributed by atoms with Crippen molar-refractivity contribution in [2.75, 3.05) is 38.2 Å². The molecule has 0 N–H and O–H groups in total. The standard InChI is InChI=1S/C20H26N4O2/c1-14(2)19-21-13-16(15(3)22-19)20(25)24-11-9-23(10-12-24)17-7-5-6-8-18(17)26-4/h5-8,13-14H,9-12H2,1-4H3. The number of methoxy groups -OCH3 is 1. The number of piperazine rings is 1. The zero-order chi connectivity index (χ0) is 18.7. The van der Waals surface area contributed by atoms with Crippen LogP contribution in [0.3, 0.4) is 0 Å². The third-order valence-corrected chi connectivity index (χ3v) is 4.74. The number of anilines is 1. The summed E-state index contributed by atoms with van der Waals surface area (Å²) in [4.78, 5) is 25.9. The van der Waals surface area contributed by atoms with Crippen LogP contribution in [0.1, 0.15) is 41.6 Å². The summed E-state index contributed by atoms with van der Waals surface area (Å²) in [6.45, 7) is 8.86. The lowest BCUT2D eigenvalue weighted by molar-refractivity contribution is 0.0745. The van der Waals surface area contributed by atoms with Crippen molar-refractivity contribution >= 4 is 11.6 Å². The number of ether oxygens (including phenoxy) is 1. The minimum Gasteiger partial charge on any atom is -0.495 e. The van der Waals surface area contributed by atoms with E-state index in [1.807, 2.05) is 43.9 Å². The first kappa shape index (κ1) is 18.2. The molecule has 0 radical (unpaired) electrons. The zero-order valence-electron chi connectivity index (χ0n) is 15.9. The van der Waals surface area contributed by atoms with Crippen LogP contribution in [-0.4, -0.2) is 54.1 Å². The molecule has 1 fully saturated rings. The van der Waals surface area contributed by atoms with E-state index in [-0.39, 0.29) is 11.8 Å². The van der Waals surface area contributed by atoms with Gasteiger partial charge < -0.3 is 14.5 Å². The van der Waals surface area contributed by atoms with E-state index in [0.29, 0.717) is 18.7 Å². The van der Waals surface area contributed by atoms with Crippen molar-refractivity contribution in [1.82, 2.24) is 14.9 Å². The fraction of sp³-hybridized carbons (Fsp3) is 0.450. The number of benzene rings is 1. The minimum atomic E-state index is 0.0116. The summed E-state index contributed by atoms with van der Waals surface area (Å²) in [6, 6.07) is 7.99. The summed E-state index contributed by atoms with van der Waals surface area (Å²) < 4.78 is 5.45. The van der Waals surface area contributed by atoms with Crippen LogP contribution in [0.15, 0.2) is 30.5 Å². The molecule has 1 aromatic carbocycles. The summed E-state index contributed by atoms with van der Waals surface area (Å²) in [5, 5.41) is 0. The van der Waals surface area contributed by atoms with E-state index in [4.69, 9.17) is 4.74 Å². The van der Waals surface area contributed by atoms with E-state index in [2.05, 4.69) is 20.9 Å². The van der Waals surface area contributed by atoms with Crippen molar-refractivity contribution in [1.29, 1.82) is 0 Å². The first-order valence-electron chi connectivity index (χ1n) is 9.02. The smallest absolute Gasteiger partial charge is 0.257 e. The van der Waals surface area contributed by atoms with Gasteiger partial charge in [0, 0.05) is 38.3 Å². The van der Waals surface area contributed by atoms with Gasteiger partial charge in [0.05, 0.1) is 24.1 Å². The van der Waals surface area contributed by atoms with Crippen molar-refractivity contribution in [3.05, 3.63) is 47.5 Å². The molecular formula is C20H26N4O2. The Morgan fingerprint density at radius 3 is 2.46 bits per heavy atom. The number of aromatic nitrogens is 2. The normalized spacial score (nSPS) is 14.7. The predicted octanol–water partition coefficient (Wildman–Crippen LogP) is 2.88. The average molecular weight is 354 g/mol. The highest BCUT2D eigenvalue weighted by molar-refractivity contribution is 5.95. The molecule has 0 atom stereocenters. The van der Waals surface area contributed by atoms with Gasteiger partial charge in [-0.2, -0.15) is 0 Å². The number of hydrogen-bond donors (Lipinski definition) is 0. The van der Waals surface area contributed by atoms with Gasteiger partial charge >= 0.3 is 0 Å². The molecule has 1 amide bonds. The summed E-state index contributed by atoms with van der Waals surface area (Å²) in [6.07, 6.45) is 1.67. The second-order valence-corrected chi connectivity index (χ2v) is 6.83. The van der Waals surface area contributed by atoms with Gasteiger partial charge in [-0.1, -0.05) is 26.0 Å². The third-order valence-electron chi connectivity index (χ3n) is 4.74. The molecule has 6 nitrogen and oxygen atoms in total. The molecule has 2 aromatic rings. The number of para-hydroxylation sites is 2. The molecular weight excluding hydrogens is 328 g/mol. The maximum atomic E-state index is 12.9. The van der Waals surface area contributed by atoms with Gasteiger partial charge in [-0.05, 0) is 19.1 Å². The molecule has 1 saturated heterocycles. The maximum Gasteiger partial charge on any atom is 0.257 e. The van der Waals surface area contributed by atoms with Crippen LogP contribution in [0.25, 0.3) is 0 Å². The summed E-state index contributed by atoms with van der Waals surface area (Å²) >= 11 is 0. The second-order valence-electron chi connectivity index (χ2n) is 6.83. The summed E-state index contributed by atoms with van der Waals surface area (Å²) in [5.74, 6) is 1.90. The largest absolute Gasteiger partial charge is 0.495 e. The number of carbonyl (C=O) groups is 1. The zero-order valence-corrected chi connectivity index (χ0v) is 15.9. The van der Waals surface area contributed by atoms with Crippen molar-refractivity contribution < 1.29 is 9.53 Å². The van der Waals surface area contributed by atoms with Gasteiger partial charge in [0.1, 0.15) is 11.6 Å². The molecule has 0 unspecified atom stereocenters. The first-order valence-corrected chi connectivity index (χ1v) is 9.02. The maximum absolute atomic E-state index is 12.9. The lowest BCUT2D eigenvalue weighted by Crippen LogP contribution is -2.49. The third kappa shape index (κ3) is 3.64. The SMILES string of the molecule is COc1ccccc1N1CCN(C(=O)c2cnc(C(C)C)nc2C)CC1. The Morgan fingerprint density at radius 2 is 1.85 bits per heavy atom. The monoisotopic (exact) mass is 354 g/mol. The molecule has 0 saturated carbocycles. The lowest BCUT2D eigenvalue weighted by atomic mass is 10.1. The predicted molar refractivity (Wildman–Crippen MR) is 102 cm³/mol. The second kappa shape index (κ2) is 7.72. The van der Waals surface area contributed by atoms with Crippen molar-refractivity contribution in [3.8, 4) is 5.75 Å². The van der Waals surface area contributed by atoms with Gasteiger partial charge in [0.2, 0.25) is 0 Å². The van der Waals surface area contributed by atoms with Gasteiger partial charge in [-0.15, -0.1) is 0 Å². The molecule has 0 bridgehead atoms. The number of amides is 1. The number of carbonyl (C=O) groups excluding carboxylic acids is 1. The molecule has 26 heavy (non-hydrogen) atoms. The Hall–Kier alpha value is -2.63.